The van der Waals surface area contributed by atoms with Crippen molar-refractivity contribution < 1.29 is 19.0 Å². The Labute approximate surface area is 108 Å². The number of rotatable bonds is 9. The molecule has 0 atom stereocenters. The number of para-hydroxylation sites is 1. The Bertz CT molecular complexity index is 363. The van der Waals surface area contributed by atoms with E-state index < -0.39 is 0 Å². The van der Waals surface area contributed by atoms with Crippen LogP contribution in [0.25, 0.3) is 0 Å². The molecule has 0 unspecified atom stereocenters. The lowest BCUT2D eigenvalue weighted by Gasteiger charge is -2.10. The molecule has 0 spiro atoms. The molecule has 0 aliphatic rings. The first-order valence-electron chi connectivity index (χ1n) is 6.11. The van der Waals surface area contributed by atoms with Crippen LogP contribution >= 0.6 is 0 Å². The Morgan fingerprint density at radius 1 is 1.11 bits per heavy atom. The SMILES string of the molecule is CCC(=O)c1ccccc1OCCOCCOC. The van der Waals surface area contributed by atoms with E-state index in [1.54, 1.807) is 19.2 Å². The molecule has 100 valence electrons. The topological polar surface area (TPSA) is 44.8 Å². The van der Waals surface area contributed by atoms with Gasteiger partial charge in [0.15, 0.2) is 5.78 Å². The summed E-state index contributed by atoms with van der Waals surface area (Å²) in [6.07, 6.45) is 0.477. The third-order valence-electron chi connectivity index (χ3n) is 2.43. The van der Waals surface area contributed by atoms with Crippen LogP contribution in [0.15, 0.2) is 24.3 Å². The van der Waals surface area contributed by atoms with Crippen LogP contribution in [0.4, 0.5) is 0 Å². The highest BCUT2D eigenvalue weighted by Crippen LogP contribution is 2.19. The van der Waals surface area contributed by atoms with Crippen LogP contribution < -0.4 is 4.74 Å². The molecule has 0 bridgehead atoms. The molecule has 0 amide bonds. The Morgan fingerprint density at radius 2 is 1.83 bits per heavy atom. The Kier molecular flexibility index (Phi) is 7.06. The second-order valence-electron chi connectivity index (χ2n) is 3.73. The number of hydrogen-bond acceptors (Lipinski definition) is 4. The van der Waals surface area contributed by atoms with Gasteiger partial charge in [0.05, 0.1) is 25.4 Å². The molecule has 4 nitrogen and oxygen atoms in total. The van der Waals surface area contributed by atoms with Crippen LogP contribution in [0.1, 0.15) is 23.7 Å². The van der Waals surface area contributed by atoms with E-state index in [0.717, 1.165) is 0 Å². The molecule has 0 aromatic heterocycles. The van der Waals surface area contributed by atoms with Crippen molar-refractivity contribution in [1.82, 2.24) is 0 Å². The van der Waals surface area contributed by atoms with E-state index >= 15 is 0 Å². The molecule has 1 aromatic carbocycles. The molecule has 0 fully saturated rings. The van der Waals surface area contributed by atoms with E-state index in [9.17, 15) is 4.79 Å². The van der Waals surface area contributed by atoms with Crippen molar-refractivity contribution >= 4 is 5.78 Å². The monoisotopic (exact) mass is 252 g/mol. The van der Waals surface area contributed by atoms with Crippen molar-refractivity contribution in [3.05, 3.63) is 29.8 Å². The van der Waals surface area contributed by atoms with Crippen LogP contribution in [0.2, 0.25) is 0 Å². The normalized spacial score (nSPS) is 10.3. The maximum atomic E-state index is 11.7. The number of Topliss-reactive ketones (excluding diaryl/α,β-unsaturated/α-hetero) is 1. The molecule has 0 N–H and O–H groups in total. The van der Waals surface area contributed by atoms with Crippen molar-refractivity contribution in [3.63, 3.8) is 0 Å². The fraction of sp³-hybridized carbons (Fsp3) is 0.500. The van der Waals surface area contributed by atoms with Crippen LogP contribution in [-0.4, -0.2) is 39.3 Å². The third kappa shape index (κ3) is 4.85. The van der Waals surface area contributed by atoms with Crippen LogP contribution in [-0.2, 0) is 9.47 Å². The number of benzene rings is 1. The first-order chi connectivity index (χ1) is 8.79. The Morgan fingerprint density at radius 3 is 2.56 bits per heavy atom. The minimum atomic E-state index is 0.0888. The van der Waals surface area contributed by atoms with Gasteiger partial charge in [0.2, 0.25) is 0 Å². The summed E-state index contributed by atoms with van der Waals surface area (Å²) < 4.78 is 15.7. The highest BCUT2D eigenvalue weighted by Gasteiger charge is 2.09. The summed E-state index contributed by atoms with van der Waals surface area (Å²) in [6.45, 7) is 3.88. The third-order valence-corrected chi connectivity index (χ3v) is 2.43. The Balaban J connectivity index is 2.39. The molecule has 0 heterocycles. The number of ether oxygens (including phenoxy) is 3. The van der Waals surface area contributed by atoms with Crippen molar-refractivity contribution in [1.29, 1.82) is 0 Å². The number of carbonyl (C=O) groups is 1. The second kappa shape index (κ2) is 8.66. The lowest BCUT2D eigenvalue weighted by molar-refractivity contribution is 0.0542. The van der Waals surface area contributed by atoms with Crippen LogP contribution in [0.5, 0.6) is 5.75 Å². The summed E-state index contributed by atoms with van der Waals surface area (Å²) in [5, 5.41) is 0. The fourth-order valence-corrected chi connectivity index (χ4v) is 1.47. The largest absolute Gasteiger partial charge is 0.490 e. The van der Waals surface area contributed by atoms with Crippen LogP contribution in [0, 0.1) is 0 Å². The number of carbonyl (C=O) groups excluding carboxylic acids is 1. The van der Waals surface area contributed by atoms with Crippen molar-refractivity contribution in [2.45, 2.75) is 13.3 Å². The summed E-state index contributed by atoms with van der Waals surface area (Å²) in [6, 6.07) is 7.28. The molecular weight excluding hydrogens is 232 g/mol. The predicted molar refractivity (Wildman–Crippen MR) is 69.3 cm³/mol. The number of ketones is 1. The van der Waals surface area contributed by atoms with Gasteiger partial charge in [-0.25, -0.2) is 0 Å². The van der Waals surface area contributed by atoms with Gasteiger partial charge in [-0.3, -0.25) is 4.79 Å². The summed E-state index contributed by atoms with van der Waals surface area (Å²) in [5.41, 5.74) is 0.636. The fourth-order valence-electron chi connectivity index (χ4n) is 1.47. The van der Waals surface area contributed by atoms with Gasteiger partial charge in [-0.15, -0.1) is 0 Å². The lowest BCUT2D eigenvalue weighted by Crippen LogP contribution is -2.11. The number of methoxy groups -OCH3 is 1. The maximum absolute atomic E-state index is 11.7. The average Bonchev–Trinajstić information content (AvgIpc) is 2.42. The minimum absolute atomic E-state index is 0.0888. The first-order valence-corrected chi connectivity index (χ1v) is 6.11. The summed E-state index contributed by atoms with van der Waals surface area (Å²) in [5.74, 6) is 0.714. The molecule has 18 heavy (non-hydrogen) atoms. The molecule has 0 saturated carbocycles. The van der Waals surface area contributed by atoms with E-state index in [1.165, 1.54) is 0 Å². The quantitative estimate of drug-likeness (QED) is 0.500. The molecular formula is C14H20O4. The molecule has 1 aromatic rings. The van der Waals surface area contributed by atoms with Gasteiger partial charge < -0.3 is 14.2 Å². The molecule has 1 rings (SSSR count). The zero-order valence-electron chi connectivity index (χ0n) is 11.0. The molecule has 0 aliphatic heterocycles. The first kappa shape index (κ1) is 14.7. The van der Waals surface area contributed by atoms with Crippen molar-refractivity contribution in [3.8, 4) is 5.75 Å². The van der Waals surface area contributed by atoms with Gasteiger partial charge in [-0.2, -0.15) is 0 Å². The Hall–Kier alpha value is -1.39. The van der Waals surface area contributed by atoms with Gasteiger partial charge >= 0.3 is 0 Å². The summed E-state index contributed by atoms with van der Waals surface area (Å²) >= 11 is 0. The van der Waals surface area contributed by atoms with Crippen molar-refractivity contribution in [2.75, 3.05) is 33.5 Å². The zero-order valence-corrected chi connectivity index (χ0v) is 11.0. The molecule has 4 heteroatoms. The van der Waals surface area contributed by atoms with E-state index in [0.29, 0.717) is 44.2 Å². The van der Waals surface area contributed by atoms with Gasteiger partial charge in [0, 0.05) is 13.5 Å². The van der Waals surface area contributed by atoms with Gasteiger partial charge in [-0.05, 0) is 12.1 Å². The number of hydrogen-bond donors (Lipinski definition) is 0. The maximum Gasteiger partial charge on any atom is 0.166 e. The molecule has 0 aliphatic carbocycles. The van der Waals surface area contributed by atoms with Gasteiger partial charge in [-0.1, -0.05) is 19.1 Å². The smallest absolute Gasteiger partial charge is 0.166 e. The second-order valence-corrected chi connectivity index (χ2v) is 3.73. The van der Waals surface area contributed by atoms with Gasteiger partial charge in [0.1, 0.15) is 12.4 Å². The standard InChI is InChI=1S/C14H20O4/c1-3-13(15)12-6-4-5-7-14(12)18-11-10-17-9-8-16-2/h4-7H,3,8-11H2,1-2H3. The highest BCUT2D eigenvalue weighted by molar-refractivity contribution is 5.98. The molecule has 0 saturated heterocycles. The summed E-state index contributed by atoms with van der Waals surface area (Å²) in [7, 11) is 1.63. The lowest BCUT2D eigenvalue weighted by atomic mass is 10.1. The zero-order chi connectivity index (χ0) is 13.2. The van der Waals surface area contributed by atoms with E-state index in [4.69, 9.17) is 14.2 Å². The highest BCUT2D eigenvalue weighted by atomic mass is 16.5. The van der Waals surface area contributed by atoms with Crippen LogP contribution in [0.3, 0.4) is 0 Å². The molecule has 0 radical (unpaired) electrons. The van der Waals surface area contributed by atoms with E-state index in [-0.39, 0.29) is 5.78 Å². The minimum Gasteiger partial charge on any atom is -0.490 e. The average molecular weight is 252 g/mol. The predicted octanol–water partition coefficient (Wildman–Crippen LogP) is 2.32. The summed E-state index contributed by atoms with van der Waals surface area (Å²) in [4.78, 5) is 11.7. The van der Waals surface area contributed by atoms with Gasteiger partial charge in [0.25, 0.3) is 0 Å². The van der Waals surface area contributed by atoms with Crippen molar-refractivity contribution in [2.24, 2.45) is 0 Å². The van der Waals surface area contributed by atoms with E-state index in [1.807, 2.05) is 19.1 Å². The van der Waals surface area contributed by atoms with E-state index in [2.05, 4.69) is 0 Å².